The molecule has 5 heteroatoms. The van der Waals surface area contributed by atoms with Gasteiger partial charge in [-0.05, 0) is 25.7 Å². The van der Waals surface area contributed by atoms with E-state index in [1.54, 1.807) is 0 Å². The van der Waals surface area contributed by atoms with E-state index in [4.69, 9.17) is 16.3 Å². The number of hydrogen-bond donors (Lipinski definition) is 1. The molecule has 0 radical (unpaired) electrons. The highest BCUT2D eigenvalue weighted by molar-refractivity contribution is 6.30. The number of fused-ring (bicyclic) bond motifs is 2. The van der Waals surface area contributed by atoms with Crippen molar-refractivity contribution >= 4 is 17.4 Å². The van der Waals surface area contributed by atoms with E-state index in [0.29, 0.717) is 17.8 Å². The van der Waals surface area contributed by atoms with Gasteiger partial charge in [0.05, 0.1) is 13.2 Å². The first-order valence-corrected chi connectivity index (χ1v) is 8.06. The number of nitrogens with one attached hydrogen (secondary N) is 1. The second-order valence-corrected chi connectivity index (χ2v) is 6.80. The fourth-order valence-corrected chi connectivity index (χ4v) is 4.00. The molecule has 20 heavy (non-hydrogen) atoms. The molecule has 2 aliphatic carbocycles. The predicted octanol–water partition coefficient (Wildman–Crippen LogP) is 3.44. The van der Waals surface area contributed by atoms with Crippen molar-refractivity contribution in [1.82, 2.24) is 10.2 Å². The van der Waals surface area contributed by atoms with Crippen LogP contribution in [0.25, 0.3) is 0 Å². The Morgan fingerprint density at radius 2 is 1.95 bits per heavy atom. The summed E-state index contributed by atoms with van der Waals surface area (Å²) in [5.41, 5.74) is 2.50. The van der Waals surface area contributed by atoms with Gasteiger partial charge < -0.3 is 10.1 Å². The van der Waals surface area contributed by atoms with E-state index in [0.717, 1.165) is 30.8 Å². The van der Waals surface area contributed by atoms with Crippen LogP contribution in [0.1, 0.15) is 56.1 Å². The third-order valence-corrected chi connectivity index (χ3v) is 5.25. The third-order valence-electron chi connectivity index (χ3n) is 4.99. The number of hydrogen-bond acceptors (Lipinski definition) is 4. The molecule has 4 rings (SSSR count). The molecular weight excluding hydrogens is 274 g/mol. The maximum absolute atomic E-state index is 6.32. The lowest BCUT2D eigenvalue weighted by Crippen LogP contribution is -2.29. The van der Waals surface area contributed by atoms with Gasteiger partial charge in [-0.25, -0.2) is 0 Å². The Morgan fingerprint density at radius 1 is 1.15 bits per heavy atom. The molecule has 0 atom stereocenters. The van der Waals surface area contributed by atoms with Crippen molar-refractivity contribution in [3.05, 3.63) is 16.3 Å². The molecule has 1 spiro atoms. The van der Waals surface area contributed by atoms with Crippen molar-refractivity contribution in [2.24, 2.45) is 0 Å². The maximum Gasteiger partial charge on any atom is 0.156 e. The lowest BCUT2D eigenvalue weighted by atomic mass is 9.91. The van der Waals surface area contributed by atoms with Gasteiger partial charge in [0.25, 0.3) is 0 Å². The second kappa shape index (κ2) is 4.85. The van der Waals surface area contributed by atoms with Crippen LogP contribution >= 0.6 is 11.6 Å². The van der Waals surface area contributed by atoms with Crippen LogP contribution in [-0.2, 0) is 16.8 Å². The second-order valence-electron chi connectivity index (χ2n) is 6.45. The van der Waals surface area contributed by atoms with Crippen molar-refractivity contribution < 1.29 is 4.74 Å². The van der Waals surface area contributed by atoms with E-state index in [1.165, 1.54) is 37.7 Å². The minimum absolute atomic E-state index is 0.142. The van der Waals surface area contributed by atoms with Gasteiger partial charge in [-0.2, -0.15) is 0 Å². The highest BCUT2D eigenvalue weighted by Crippen LogP contribution is 2.54. The molecule has 0 aromatic carbocycles. The fraction of sp³-hybridized carbons (Fsp3) is 0.733. The molecule has 1 aliphatic heterocycles. The van der Waals surface area contributed by atoms with Crippen molar-refractivity contribution in [2.45, 2.75) is 63.0 Å². The average Bonchev–Trinajstić information content (AvgIpc) is 3.23. The quantitative estimate of drug-likeness (QED) is 0.907. The number of aromatic nitrogens is 2. The topological polar surface area (TPSA) is 47.0 Å². The molecule has 1 N–H and O–H groups in total. The maximum atomic E-state index is 6.32. The monoisotopic (exact) mass is 293 g/mol. The Bertz CT molecular complexity index is 524. The summed E-state index contributed by atoms with van der Waals surface area (Å²) in [4.78, 5) is 0. The summed E-state index contributed by atoms with van der Waals surface area (Å²) in [5.74, 6) is 0.905. The molecule has 0 unspecified atom stereocenters. The van der Waals surface area contributed by atoms with Crippen molar-refractivity contribution in [2.75, 3.05) is 11.9 Å². The first-order valence-electron chi connectivity index (χ1n) is 7.68. The molecular formula is C15H20ClN3O. The number of rotatable bonds is 2. The Kier molecular flexibility index (Phi) is 3.11. The molecule has 0 amide bonds. The Labute approximate surface area is 124 Å². The van der Waals surface area contributed by atoms with Crippen LogP contribution in [0.5, 0.6) is 0 Å². The molecule has 2 heterocycles. The molecule has 2 fully saturated rings. The molecule has 1 aromatic heterocycles. The first kappa shape index (κ1) is 12.8. The van der Waals surface area contributed by atoms with Crippen molar-refractivity contribution in [3.8, 4) is 0 Å². The van der Waals surface area contributed by atoms with E-state index >= 15 is 0 Å². The number of halogens is 1. The van der Waals surface area contributed by atoms with Gasteiger partial charge in [-0.15, -0.1) is 10.2 Å². The molecule has 3 aliphatic rings. The summed E-state index contributed by atoms with van der Waals surface area (Å²) in [6.07, 6.45) is 8.75. The van der Waals surface area contributed by atoms with Gasteiger partial charge in [-0.1, -0.05) is 30.9 Å². The van der Waals surface area contributed by atoms with Crippen LogP contribution in [0.3, 0.4) is 0 Å². The highest BCUT2D eigenvalue weighted by Gasteiger charge is 2.50. The zero-order chi connectivity index (χ0) is 13.6. The smallest absolute Gasteiger partial charge is 0.156 e. The summed E-state index contributed by atoms with van der Waals surface area (Å²) in [7, 11) is 0. The number of anilines is 1. The van der Waals surface area contributed by atoms with Crippen molar-refractivity contribution in [3.63, 3.8) is 0 Å². The van der Waals surface area contributed by atoms with Gasteiger partial charge in [0.2, 0.25) is 0 Å². The van der Waals surface area contributed by atoms with Gasteiger partial charge in [-0.3, -0.25) is 0 Å². The lowest BCUT2D eigenvalue weighted by Gasteiger charge is -2.29. The standard InChI is InChI=1S/C15H20ClN3O/c16-13-12-11(8-20-9-15(12)6-7-15)14(19-18-13)17-10-4-2-1-3-5-10/h10H,1-9H2,(H,17,19). The molecule has 108 valence electrons. The average molecular weight is 294 g/mol. The molecule has 0 bridgehead atoms. The number of nitrogens with zero attached hydrogens (tertiary/aromatic N) is 2. The predicted molar refractivity (Wildman–Crippen MR) is 78.1 cm³/mol. The van der Waals surface area contributed by atoms with Crippen molar-refractivity contribution in [1.29, 1.82) is 0 Å². The molecule has 2 saturated carbocycles. The zero-order valence-electron chi connectivity index (χ0n) is 11.6. The van der Waals surface area contributed by atoms with Gasteiger partial charge in [0.15, 0.2) is 11.0 Å². The molecule has 4 nitrogen and oxygen atoms in total. The SMILES string of the molecule is Clc1nnc(NC2CCCCC2)c2c1C1(CC1)COC2. The summed E-state index contributed by atoms with van der Waals surface area (Å²) in [6.45, 7) is 1.40. The molecule has 0 saturated heterocycles. The minimum atomic E-state index is 0.142. The van der Waals surface area contributed by atoms with E-state index in [-0.39, 0.29) is 5.41 Å². The lowest BCUT2D eigenvalue weighted by molar-refractivity contribution is 0.0837. The summed E-state index contributed by atoms with van der Waals surface area (Å²) >= 11 is 6.32. The van der Waals surface area contributed by atoms with Crippen LogP contribution in [0, 0.1) is 0 Å². The molecule has 1 aromatic rings. The normalized spacial score (nSPS) is 24.4. The van der Waals surface area contributed by atoms with E-state index in [1.807, 2.05) is 0 Å². The van der Waals surface area contributed by atoms with Crippen LogP contribution in [-0.4, -0.2) is 22.8 Å². The van der Waals surface area contributed by atoms with Crippen LogP contribution < -0.4 is 5.32 Å². The van der Waals surface area contributed by atoms with Crippen LogP contribution in [0.2, 0.25) is 5.15 Å². The largest absolute Gasteiger partial charge is 0.376 e. The van der Waals surface area contributed by atoms with Crippen LogP contribution in [0.15, 0.2) is 0 Å². The third kappa shape index (κ3) is 2.09. The van der Waals surface area contributed by atoms with Crippen LogP contribution in [0.4, 0.5) is 5.82 Å². The summed E-state index contributed by atoms with van der Waals surface area (Å²) in [5, 5.41) is 12.7. The summed E-state index contributed by atoms with van der Waals surface area (Å²) < 4.78 is 5.79. The minimum Gasteiger partial charge on any atom is -0.376 e. The zero-order valence-corrected chi connectivity index (χ0v) is 12.4. The number of ether oxygens (including phenoxy) is 1. The first-order chi connectivity index (χ1) is 9.78. The Balaban J connectivity index is 1.67. The van der Waals surface area contributed by atoms with Gasteiger partial charge in [0, 0.05) is 22.6 Å². The van der Waals surface area contributed by atoms with Gasteiger partial charge >= 0.3 is 0 Å². The van der Waals surface area contributed by atoms with Gasteiger partial charge in [0.1, 0.15) is 0 Å². The van der Waals surface area contributed by atoms with E-state index in [9.17, 15) is 0 Å². The fourth-order valence-electron chi connectivity index (χ4n) is 3.65. The summed E-state index contributed by atoms with van der Waals surface area (Å²) in [6, 6.07) is 0.528. The Hall–Kier alpha value is -0.870. The van der Waals surface area contributed by atoms with E-state index in [2.05, 4.69) is 15.5 Å². The Morgan fingerprint density at radius 3 is 2.70 bits per heavy atom. The van der Waals surface area contributed by atoms with E-state index < -0.39 is 0 Å². The highest BCUT2D eigenvalue weighted by atomic mass is 35.5.